The molecule has 22 heavy (non-hydrogen) atoms. The second kappa shape index (κ2) is 5.56. The first kappa shape index (κ1) is 14.2. The van der Waals surface area contributed by atoms with E-state index in [2.05, 4.69) is 0 Å². The van der Waals surface area contributed by atoms with E-state index >= 15 is 0 Å². The second-order valence-electron chi connectivity index (χ2n) is 5.46. The van der Waals surface area contributed by atoms with Crippen LogP contribution in [-0.4, -0.2) is 29.9 Å². The molecule has 0 fully saturated rings. The normalized spacial score (nSPS) is 18.7. The number of benzene rings is 2. The second-order valence-corrected chi connectivity index (χ2v) is 5.46. The molecule has 1 atom stereocenters. The maximum absolute atomic E-state index is 12.8. The highest BCUT2D eigenvalue weighted by molar-refractivity contribution is 6.12. The Morgan fingerprint density at radius 2 is 1.77 bits per heavy atom. The van der Waals surface area contributed by atoms with Crippen molar-refractivity contribution >= 4 is 5.78 Å². The first-order valence-corrected chi connectivity index (χ1v) is 7.03. The van der Waals surface area contributed by atoms with Crippen LogP contribution in [0.4, 0.5) is 0 Å². The molecular weight excluding hydrogens is 278 g/mol. The highest BCUT2D eigenvalue weighted by Crippen LogP contribution is 2.38. The average Bonchev–Trinajstić information content (AvgIpc) is 2.50. The third-order valence-electron chi connectivity index (χ3n) is 3.51. The molecule has 4 nitrogen and oxygen atoms in total. The van der Waals surface area contributed by atoms with E-state index in [1.165, 1.54) is 0 Å². The molecule has 0 amide bonds. The summed E-state index contributed by atoms with van der Waals surface area (Å²) < 4.78 is 6.04. The summed E-state index contributed by atoms with van der Waals surface area (Å²) in [4.78, 5) is 14.6. The molecule has 112 valence electrons. The van der Waals surface area contributed by atoms with E-state index in [1.807, 2.05) is 31.1 Å². The van der Waals surface area contributed by atoms with Crippen molar-refractivity contribution in [2.45, 2.75) is 6.10 Å². The third-order valence-corrected chi connectivity index (χ3v) is 3.51. The first-order valence-electron chi connectivity index (χ1n) is 7.03. The number of Topliss-reactive ketones (excluding diaryl/α,β-unsaturated/α-hetero) is 1. The average molecular weight is 295 g/mol. The molecule has 3 rings (SSSR count). The molecule has 1 unspecified atom stereocenters. The van der Waals surface area contributed by atoms with Gasteiger partial charge in [-0.15, -0.1) is 0 Å². The lowest BCUT2D eigenvalue weighted by atomic mass is 9.91. The summed E-state index contributed by atoms with van der Waals surface area (Å²) in [5, 5.41) is 9.45. The van der Waals surface area contributed by atoms with Crippen molar-refractivity contribution in [2.75, 3.05) is 14.1 Å². The maximum atomic E-state index is 12.8. The zero-order valence-corrected chi connectivity index (χ0v) is 12.5. The summed E-state index contributed by atoms with van der Waals surface area (Å²) in [5.74, 6) is 0.736. The van der Waals surface area contributed by atoms with Crippen LogP contribution in [0.15, 0.2) is 60.3 Å². The van der Waals surface area contributed by atoms with Gasteiger partial charge in [-0.3, -0.25) is 4.79 Å². The van der Waals surface area contributed by atoms with Gasteiger partial charge < -0.3 is 14.7 Å². The van der Waals surface area contributed by atoms with Crippen molar-refractivity contribution < 1.29 is 14.6 Å². The fourth-order valence-electron chi connectivity index (χ4n) is 2.52. The number of nitrogens with zero attached hydrogens (tertiary/aromatic N) is 1. The van der Waals surface area contributed by atoms with Gasteiger partial charge in [-0.05, 0) is 29.8 Å². The molecule has 1 heterocycles. The number of ether oxygens (including phenoxy) is 1. The Morgan fingerprint density at radius 3 is 2.45 bits per heavy atom. The molecule has 0 spiro atoms. The summed E-state index contributed by atoms with van der Waals surface area (Å²) >= 11 is 0. The number of rotatable bonds is 2. The first-order chi connectivity index (χ1) is 10.6. The van der Waals surface area contributed by atoms with E-state index in [-0.39, 0.29) is 11.5 Å². The van der Waals surface area contributed by atoms with Gasteiger partial charge in [-0.1, -0.05) is 24.3 Å². The molecule has 2 aromatic carbocycles. The van der Waals surface area contributed by atoms with Crippen LogP contribution in [0.2, 0.25) is 0 Å². The minimum Gasteiger partial charge on any atom is -0.508 e. The number of aromatic hydroxyl groups is 1. The molecule has 0 saturated heterocycles. The quantitative estimate of drug-likeness (QED) is 0.865. The number of carbonyl (C=O) groups is 1. The van der Waals surface area contributed by atoms with Gasteiger partial charge in [-0.25, -0.2) is 0 Å². The Labute approximate surface area is 129 Å². The molecule has 1 aliphatic heterocycles. The standard InChI is InChI=1S/C18H17NO3/c1-19(2)11-15-17(21)14-5-3-4-6-16(14)22-18(15)12-7-9-13(20)10-8-12/h3-11,18,20H,1-2H3. The Balaban J connectivity index is 2.11. The molecule has 4 heteroatoms. The number of fused-ring (bicyclic) bond motifs is 1. The van der Waals surface area contributed by atoms with E-state index < -0.39 is 6.10 Å². The van der Waals surface area contributed by atoms with Gasteiger partial charge in [0.2, 0.25) is 0 Å². The number of phenolic OH excluding ortho intramolecular Hbond substituents is 1. The lowest BCUT2D eigenvalue weighted by molar-refractivity contribution is 0.0957. The topological polar surface area (TPSA) is 49.8 Å². The minimum atomic E-state index is -0.481. The maximum Gasteiger partial charge on any atom is 0.198 e. The Morgan fingerprint density at radius 1 is 1.09 bits per heavy atom. The summed E-state index contributed by atoms with van der Waals surface area (Å²) in [7, 11) is 3.74. The van der Waals surface area contributed by atoms with E-state index in [0.29, 0.717) is 16.9 Å². The van der Waals surface area contributed by atoms with Crippen LogP contribution < -0.4 is 4.74 Å². The van der Waals surface area contributed by atoms with Gasteiger partial charge in [0.15, 0.2) is 11.9 Å². The van der Waals surface area contributed by atoms with Crippen LogP contribution in [0.5, 0.6) is 11.5 Å². The number of phenols is 1. The lowest BCUT2D eigenvalue weighted by Crippen LogP contribution is -2.25. The monoisotopic (exact) mass is 295 g/mol. The highest BCUT2D eigenvalue weighted by atomic mass is 16.5. The van der Waals surface area contributed by atoms with Gasteiger partial charge in [0.25, 0.3) is 0 Å². The van der Waals surface area contributed by atoms with Gasteiger partial charge in [0, 0.05) is 20.3 Å². The lowest BCUT2D eigenvalue weighted by Gasteiger charge is -2.28. The van der Waals surface area contributed by atoms with Gasteiger partial charge in [-0.2, -0.15) is 0 Å². The zero-order valence-electron chi connectivity index (χ0n) is 12.5. The van der Waals surface area contributed by atoms with Crippen molar-refractivity contribution in [3.8, 4) is 11.5 Å². The van der Waals surface area contributed by atoms with Crippen LogP contribution in [0.25, 0.3) is 0 Å². The predicted molar refractivity (Wildman–Crippen MR) is 84.0 cm³/mol. The highest BCUT2D eigenvalue weighted by Gasteiger charge is 2.32. The number of hydrogen-bond acceptors (Lipinski definition) is 4. The van der Waals surface area contributed by atoms with Gasteiger partial charge >= 0.3 is 0 Å². The number of para-hydroxylation sites is 1. The van der Waals surface area contributed by atoms with Gasteiger partial charge in [0.1, 0.15) is 11.5 Å². The summed E-state index contributed by atoms with van der Waals surface area (Å²) in [5.41, 5.74) is 1.98. The minimum absolute atomic E-state index is 0.0337. The van der Waals surface area contributed by atoms with Crippen LogP contribution in [0, 0.1) is 0 Å². The van der Waals surface area contributed by atoms with Crippen LogP contribution >= 0.6 is 0 Å². The predicted octanol–water partition coefficient (Wildman–Crippen LogP) is 3.15. The van der Waals surface area contributed by atoms with Crippen molar-refractivity contribution in [2.24, 2.45) is 0 Å². The molecule has 0 saturated carbocycles. The molecule has 0 aromatic heterocycles. The Bertz CT molecular complexity index is 732. The summed E-state index contributed by atoms with van der Waals surface area (Å²) in [6, 6.07) is 14.0. The molecule has 0 radical (unpaired) electrons. The fourth-order valence-corrected chi connectivity index (χ4v) is 2.52. The van der Waals surface area contributed by atoms with Crippen molar-refractivity contribution in [1.82, 2.24) is 4.90 Å². The zero-order chi connectivity index (χ0) is 15.7. The SMILES string of the molecule is CN(C)C=C1C(=O)c2ccccc2OC1c1ccc(O)cc1. The Hall–Kier alpha value is -2.75. The number of hydrogen-bond donors (Lipinski definition) is 1. The number of carbonyl (C=O) groups excluding carboxylic acids is 1. The molecular formula is C18H17NO3. The van der Waals surface area contributed by atoms with Gasteiger partial charge in [0.05, 0.1) is 11.1 Å². The largest absolute Gasteiger partial charge is 0.508 e. The molecule has 1 N–H and O–H groups in total. The molecule has 0 bridgehead atoms. The van der Waals surface area contributed by atoms with Crippen LogP contribution in [-0.2, 0) is 0 Å². The molecule has 1 aliphatic rings. The summed E-state index contributed by atoms with van der Waals surface area (Å²) in [6.45, 7) is 0. The van der Waals surface area contributed by atoms with E-state index in [4.69, 9.17) is 4.74 Å². The van der Waals surface area contributed by atoms with Crippen molar-refractivity contribution in [3.05, 3.63) is 71.4 Å². The summed E-state index contributed by atoms with van der Waals surface area (Å²) in [6.07, 6.45) is 1.31. The smallest absolute Gasteiger partial charge is 0.198 e. The van der Waals surface area contributed by atoms with E-state index in [0.717, 1.165) is 5.56 Å². The number of ketones is 1. The third kappa shape index (κ3) is 2.55. The Kier molecular flexibility index (Phi) is 3.59. The van der Waals surface area contributed by atoms with Crippen LogP contribution in [0.1, 0.15) is 22.0 Å². The molecule has 2 aromatic rings. The van der Waals surface area contributed by atoms with E-state index in [9.17, 15) is 9.90 Å². The van der Waals surface area contributed by atoms with E-state index in [1.54, 1.807) is 42.6 Å². The van der Waals surface area contributed by atoms with Crippen molar-refractivity contribution in [1.29, 1.82) is 0 Å². The fraction of sp³-hybridized carbons (Fsp3) is 0.167. The van der Waals surface area contributed by atoms with Crippen molar-refractivity contribution in [3.63, 3.8) is 0 Å². The van der Waals surface area contributed by atoms with Crippen LogP contribution in [0.3, 0.4) is 0 Å². The molecule has 0 aliphatic carbocycles.